The summed E-state index contributed by atoms with van der Waals surface area (Å²) in [6, 6.07) is 13.0. The largest absolute Gasteiger partial charge is 0.496 e. The molecular formula is C22H26BrNO. The summed E-state index contributed by atoms with van der Waals surface area (Å²) < 4.78 is 9.29. The molecule has 0 saturated carbocycles. The van der Waals surface area contributed by atoms with Crippen LogP contribution in [0.15, 0.2) is 40.9 Å². The fraction of sp³-hybridized carbons (Fsp3) is 0.364. The molecule has 1 aromatic heterocycles. The van der Waals surface area contributed by atoms with Gasteiger partial charge in [-0.3, -0.25) is 0 Å². The van der Waals surface area contributed by atoms with Crippen molar-refractivity contribution in [3.8, 4) is 5.75 Å². The number of ether oxygens (including phenoxy) is 1. The lowest BCUT2D eigenvalue weighted by atomic mass is 10.1. The maximum atomic E-state index is 5.67. The fourth-order valence-corrected chi connectivity index (χ4v) is 4.20. The van der Waals surface area contributed by atoms with E-state index in [1.165, 1.54) is 57.0 Å². The van der Waals surface area contributed by atoms with Gasteiger partial charge in [-0.05, 0) is 61.1 Å². The van der Waals surface area contributed by atoms with Gasteiger partial charge in [0.1, 0.15) is 5.75 Å². The first kappa shape index (κ1) is 18.1. The standard InChI is InChI=1S/C20H20BrNO.C2H6/c1-13-10-17-19(23-2)11-14-7-5-8-16(14)20(17)22(13)12-15-6-3-4-9-18(15)21;1-2/h3-4,6,9-11H,5,7-8,12H2,1-2H3;1-2H3. The van der Waals surface area contributed by atoms with Crippen LogP contribution in [0, 0.1) is 6.92 Å². The van der Waals surface area contributed by atoms with Crippen LogP contribution >= 0.6 is 15.9 Å². The molecule has 0 spiro atoms. The molecular weight excluding hydrogens is 374 g/mol. The van der Waals surface area contributed by atoms with Gasteiger partial charge >= 0.3 is 0 Å². The Bertz CT molecular complexity index is 895. The number of hydrogen-bond donors (Lipinski definition) is 0. The monoisotopic (exact) mass is 399 g/mol. The van der Waals surface area contributed by atoms with Crippen molar-refractivity contribution in [1.82, 2.24) is 4.57 Å². The first-order valence-electron chi connectivity index (χ1n) is 9.11. The molecule has 4 rings (SSSR count). The Morgan fingerprint density at radius 2 is 1.88 bits per heavy atom. The van der Waals surface area contributed by atoms with Gasteiger partial charge in [0.2, 0.25) is 0 Å². The Labute approximate surface area is 158 Å². The summed E-state index contributed by atoms with van der Waals surface area (Å²) in [5.41, 5.74) is 6.93. The summed E-state index contributed by atoms with van der Waals surface area (Å²) in [5, 5.41) is 1.25. The first-order valence-corrected chi connectivity index (χ1v) is 9.90. The molecule has 1 aliphatic rings. The fourth-order valence-electron chi connectivity index (χ4n) is 3.79. The van der Waals surface area contributed by atoms with Crippen LogP contribution in [-0.4, -0.2) is 11.7 Å². The highest BCUT2D eigenvalue weighted by Gasteiger charge is 2.21. The molecule has 0 bridgehead atoms. The number of aromatic nitrogens is 1. The zero-order chi connectivity index (χ0) is 18.0. The second kappa shape index (κ2) is 7.65. The molecule has 25 heavy (non-hydrogen) atoms. The molecule has 0 atom stereocenters. The van der Waals surface area contributed by atoms with E-state index >= 15 is 0 Å². The number of hydrogen-bond acceptors (Lipinski definition) is 1. The number of methoxy groups -OCH3 is 1. The highest BCUT2D eigenvalue weighted by atomic mass is 79.9. The number of aryl methyl sites for hydroxylation is 3. The van der Waals surface area contributed by atoms with Gasteiger partial charge in [-0.1, -0.05) is 48.0 Å². The number of nitrogens with zero attached hydrogens (tertiary/aromatic N) is 1. The van der Waals surface area contributed by atoms with Crippen molar-refractivity contribution >= 4 is 26.8 Å². The van der Waals surface area contributed by atoms with Crippen LogP contribution in [0.4, 0.5) is 0 Å². The third-order valence-electron chi connectivity index (χ3n) is 4.93. The summed E-state index contributed by atoms with van der Waals surface area (Å²) >= 11 is 3.68. The predicted octanol–water partition coefficient (Wildman–Crippen LogP) is 6.28. The summed E-state index contributed by atoms with van der Waals surface area (Å²) in [6.45, 7) is 7.08. The molecule has 0 radical (unpaired) electrons. The number of halogens is 1. The maximum absolute atomic E-state index is 5.67. The summed E-state index contributed by atoms with van der Waals surface area (Å²) in [6.07, 6.45) is 3.59. The molecule has 3 heteroatoms. The van der Waals surface area contributed by atoms with Crippen molar-refractivity contribution in [1.29, 1.82) is 0 Å². The third kappa shape index (κ3) is 3.22. The first-order chi connectivity index (χ1) is 12.2. The van der Waals surface area contributed by atoms with Crippen molar-refractivity contribution < 1.29 is 4.74 Å². The van der Waals surface area contributed by atoms with E-state index < -0.39 is 0 Å². The molecule has 2 nitrogen and oxygen atoms in total. The zero-order valence-electron chi connectivity index (χ0n) is 15.5. The van der Waals surface area contributed by atoms with Crippen LogP contribution in [0.1, 0.15) is 42.7 Å². The van der Waals surface area contributed by atoms with E-state index in [0.29, 0.717) is 0 Å². The molecule has 132 valence electrons. The lowest BCUT2D eigenvalue weighted by molar-refractivity contribution is 0.419. The molecule has 0 aliphatic heterocycles. The van der Waals surface area contributed by atoms with E-state index in [2.05, 4.69) is 63.8 Å². The molecule has 0 saturated heterocycles. The Hall–Kier alpha value is -1.74. The van der Waals surface area contributed by atoms with E-state index in [9.17, 15) is 0 Å². The highest BCUT2D eigenvalue weighted by molar-refractivity contribution is 9.10. The zero-order valence-corrected chi connectivity index (χ0v) is 17.1. The molecule has 0 fully saturated rings. The Morgan fingerprint density at radius 1 is 1.12 bits per heavy atom. The van der Waals surface area contributed by atoms with Gasteiger partial charge in [0.25, 0.3) is 0 Å². The molecule has 0 amide bonds. The molecule has 3 aromatic rings. The van der Waals surface area contributed by atoms with E-state index in [1.807, 2.05) is 13.8 Å². The van der Waals surface area contributed by atoms with Crippen LogP contribution in [0.5, 0.6) is 5.75 Å². The predicted molar refractivity (Wildman–Crippen MR) is 110 cm³/mol. The number of fused-ring (bicyclic) bond motifs is 3. The van der Waals surface area contributed by atoms with Crippen molar-refractivity contribution in [2.75, 3.05) is 7.11 Å². The van der Waals surface area contributed by atoms with Crippen LogP contribution < -0.4 is 4.74 Å². The van der Waals surface area contributed by atoms with E-state index in [0.717, 1.165) is 12.3 Å². The van der Waals surface area contributed by atoms with E-state index in [-0.39, 0.29) is 0 Å². The number of rotatable bonds is 3. The van der Waals surface area contributed by atoms with Crippen LogP contribution in [-0.2, 0) is 19.4 Å². The normalized spacial score (nSPS) is 12.7. The third-order valence-corrected chi connectivity index (χ3v) is 5.70. The molecule has 1 heterocycles. The minimum Gasteiger partial charge on any atom is -0.496 e. The van der Waals surface area contributed by atoms with Crippen molar-refractivity contribution in [3.05, 3.63) is 63.3 Å². The van der Waals surface area contributed by atoms with Crippen molar-refractivity contribution in [3.63, 3.8) is 0 Å². The van der Waals surface area contributed by atoms with Gasteiger partial charge in [-0.2, -0.15) is 0 Å². The van der Waals surface area contributed by atoms with Crippen LogP contribution in [0.25, 0.3) is 10.9 Å². The minimum absolute atomic E-state index is 0.885. The molecule has 0 N–H and O–H groups in total. The van der Waals surface area contributed by atoms with Gasteiger partial charge in [-0.25, -0.2) is 0 Å². The minimum atomic E-state index is 0.885. The van der Waals surface area contributed by atoms with Gasteiger partial charge in [-0.15, -0.1) is 0 Å². The summed E-state index contributed by atoms with van der Waals surface area (Å²) in [4.78, 5) is 0. The Balaban J connectivity index is 0.000000880. The van der Waals surface area contributed by atoms with E-state index in [1.54, 1.807) is 7.11 Å². The average molecular weight is 400 g/mol. The topological polar surface area (TPSA) is 14.2 Å². The lowest BCUT2D eigenvalue weighted by Crippen LogP contribution is -2.04. The van der Waals surface area contributed by atoms with Crippen LogP contribution in [0.3, 0.4) is 0 Å². The van der Waals surface area contributed by atoms with Gasteiger partial charge in [0.05, 0.1) is 12.6 Å². The van der Waals surface area contributed by atoms with Crippen molar-refractivity contribution in [2.24, 2.45) is 0 Å². The smallest absolute Gasteiger partial charge is 0.128 e. The molecule has 1 aliphatic carbocycles. The SMILES string of the molecule is CC.COc1cc2c(c3c1cc(C)n3Cc1ccccc1Br)CCC2. The van der Waals surface area contributed by atoms with Crippen molar-refractivity contribution in [2.45, 2.75) is 46.6 Å². The second-order valence-corrected chi connectivity index (χ2v) is 7.15. The lowest BCUT2D eigenvalue weighted by Gasteiger charge is -2.14. The summed E-state index contributed by atoms with van der Waals surface area (Å²) in [5.74, 6) is 1.01. The maximum Gasteiger partial charge on any atom is 0.128 e. The number of benzene rings is 2. The Kier molecular flexibility index (Phi) is 5.53. The average Bonchev–Trinajstić information content (AvgIpc) is 3.22. The van der Waals surface area contributed by atoms with Crippen LogP contribution in [0.2, 0.25) is 0 Å². The van der Waals surface area contributed by atoms with E-state index in [4.69, 9.17) is 4.74 Å². The highest BCUT2D eigenvalue weighted by Crippen LogP contribution is 2.38. The van der Waals surface area contributed by atoms with Gasteiger partial charge < -0.3 is 9.30 Å². The molecule has 2 aromatic carbocycles. The quantitative estimate of drug-likeness (QED) is 0.504. The van der Waals surface area contributed by atoms with Gasteiger partial charge in [0.15, 0.2) is 0 Å². The Morgan fingerprint density at radius 3 is 2.60 bits per heavy atom. The second-order valence-electron chi connectivity index (χ2n) is 6.30. The van der Waals surface area contributed by atoms with Gasteiger partial charge in [0, 0.05) is 22.1 Å². The molecule has 0 unspecified atom stereocenters. The summed E-state index contributed by atoms with van der Waals surface area (Å²) in [7, 11) is 1.77.